The van der Waals surface area contributed by atoms with Crippen LogP contribution in [0.5, 0.6) is 0 Å². The third-order valence-corrected chi connectivity index (χ3v) is 3.97. The molecule has 0 bridgehead atoms. The SMILES string of the molecule is Brc1ccc2c(c1)NCC21CCC1. The molecule has 1 heterocycles. The van der Waals surface area contributed by atoms with E-state index in [0.29, 0.717) is 5.41 Å². The Kier molecular flexibility index (Phi) is 1.51. The molecule has 1 N–H and O–H groups in total. The first-order valence-electron chi connectivity index (χ1n) is 4.84. The van der Waals surface area contributed by atoms with Gasteiger partial charge in [0.1, 0.15) is 0 Å². The van der Waals surface area contributed by atoms with Crippen LogP contribution < -0.4 is 5.32 Å². The van der Waals surface area contributed by atoms with Gasteiger partial charge < -0.3 is 5.32 Å². The Morgan fingerprint density at radius 3 is 2.85 bits per heavy atom. The van der Waals surface area contributed by atoms with Crippen LogP contribution in [0.25, 0.3) is 0 Å². The Bertz CT molecular complexity index is 355. The summed E-state index contributed by atoms with van der Waals surface area (Å²) in [6.07, 6.45) is 4.14. The average Bonchev–Trinajstić information content (AvgIpc) is 2.41. The van der Waals surface area contributed by atoms with E-state index in [9.17, 15) is 0 Å². The maximum atomic E-state index is 3.50. The lowest BCUT2D eigenvalue weighted by molar-refractivity contribution is 0.272. The van der Waals surface area contributed by atoms with E-state index in [2.05, 4.69) is 39.4 Å². The van der Waals surface area contributed by atoms with E-state index < -0.39 is 0 Å². The van der Waals surface area contributed by atoms with Crippen LogP contribution in [0.15, 0.2) is 22.7 Å². The first-order valence-corrected chi connectivity index (χ1v) is 5.63. The molecule has 1 aliphatic heterocycles. The molecule has 2 heteroatoms. The number of rotatable bonds is 0. The quantitative estimate of drug-likeness (QED) is 0.731. The Balaban J connectivity index is 2.11. The molecular weight excluding hydrogens is 226 g/mol. The van der Waals surface area contributed by atoms with Gasteiger partial charge in [-0.3, -0.25) is 0 Å². The van der Waals surface area contributed by atoms with Crippen LogP contribution in [0.4, 0.5) is 5.69 Å². The molecule has 0 amide bonds. The Morgan fingerprint density at radius 1 is 1.31 bits per heavy atom. The second-order valence-corrected chi connectivity index (χ2v) is 5.09. The lowest BCUT2D eigenvalue weighted by Crippen LogP contribution is -2.35. The van der Waals surface area contributed by atoms with Crippen LogP contribution in [-0.4, -0.2) is 6.54 Å². The fourth-order valence-corrected chi connectivity index (χ4v) is 2.90. The van der Waals surface area contributed by atoms with Crippen molar-refractivity contribution in [1.29, 1.82) is 0 Å². The number of hydrogen-bond donors (Lipinski definition) is 1. The van der Waals surface area contributed by atoms with Crippen molar-refractivity contribution in [3.05, 3.63) is 28.2 Å². The lowest BCUT2D eigenvalue weighted by atomic mass is 9.66. The molecule has 0 aromatic heterocycles. The third-order valence-electron chi connectivity index (χ3n) is 3.48. The summed E-state index contributed by atoms with van der Waals surface area (Å²) in [7, 11) is 0. The number of fused-ring (bicyclic) bond motifs is 2. The van der Waals surface area contributed by atoms with E-state index in [4.69, 9.17) is 0 Å². The molecular formula is C11H12BrN. The van der Waals surface area contributed by atoms with E-state index in [1.165, 1.54) is 29.4 Å². The Hall–Kier alpha value is -0.500. The van der Waals surface area contributed by atoms with Crippen molar-refractivity contribution in [2.45, 2.75) is 24.7 Å². The Labute approximate surface area is 86.7 Å². The van der Waals surface area contributed by atoms with Gasteiger partial charge in [-0.05, 0) is 30.5 Å². The molecule has 0 radical (unpaired) electrons. The predicted molar refractivity (Wildman–Crippen MR) is 58.2 cm³/mol. The zero-order chi connectivity index (χ0) is 8.89. The summed E-state index contributed by atoms with van der Waals surface area (Å²) in [5.74, 6) is 0. The fourth-order valence-electron chi connectivity index (χ4n) is 2.53. The summed E-state index contributed by atoms with van der Waals surface area (Å²) >= 11 is 3.50. The summed E-state index contributed by atoms with van der Waals surface area (Å²) in [6.45, 7) is 1.15. The van der Waals surface area contributed by atoms with Gasteiger partial charge in [0.25, 0.3) is 0 Å². The van der Waals surface area contributed by atoms with Crippen LogP contribution in [-0.2, 0) is 5.41 Å². The first-order chi connectivity index (χ1) is 6.30. The molecule has 13 heavy (non-hydrogen) atoms. The molecule has 0 atom stereocenters. The minimum absolute atomic E-state index is 0.510. The highest BCUT2D eigenvalue weighted by Gasteiger charge is 2.43. The van der Waals surface area contributed by atoms with E-state index in [1.807, 2.05) is 0 Å². The van der Waals surface area contributed by atoms with Gasteiger partial charge in [0.05, 0.1) is 0 Å². The van der Waals surface area contributed by atoms with Gasteiger partial charge in [-0.25, -0.2) is 0 Å². The van der Waals surface area contributed by atoms with Gasteiger partial charge >= 0.3 is 0 Å². The van der Waals surface area contributed by atoms with E-state index in [-0.39, 0.29) is 0 Å². The van der Waals surface area contributed by atoms with Gasteiger partial charge in [-0.1, -0.05) is 28.4 Å². The van der Waals surface area contributed by atoms with Gasteiger partial charge in [0.15, 0.2) is 0 Å². The zero-order valence-electron chi connectivity index (χ0n) is 7.44. The molecule has 68 valence electrons. The van der Waals surface area contributed by atoms with Crippen LogP contribution in [0, 0.1) is 0 Å². The van der Waals surface area contributed by atoms with Crippen LogP contribution >= 0.6 is 15.9 Å². The third kappa shape index (κ3) is 0.983. The molecule has 1 aromatic rings. The normalized spacial score (nSPS) is 22.2. The summed E-state index contributed by atoms with van der Waals surface area (Å²) in [4.78, 5) is 0. The molecule has 1 fully saturated rings. The topological polar surface area (TPSA) is 12.0 Å². The van der Waals surface area contributed by atoms with Gasteiger partial charge in [-0.2, -0.15) is 0 Å². The highest BCUT2D eigenvalue weighted by Crippen LogP contribution is 2.50. The van der Waals surface area contributed by atoms with E-state index in [0.717, 1.165) is 6.54 Å². The monoisotopic (exact) mass is 237 g/mol. The number of hydrogen-bond acceptors (Lipinski definition) is 1. The smallest absolute Gasteiger partial charge is 0.0390 e. The Morgan fingerprint density at radius 2 is 2.15 bits per heavy atom. The van der Waals surface area contributed by atoms with Gasteiger partial charge in [-0.15, -0.1) is 0 Å². The molecule has 1 spiro atoms. The second kappa shape index (κ2) is 2.50. The summed E-state index contributed by atoms with van der Waals surface area (Å²) < 4.78 is 1.18. The summed E-state index contributed by atoms with van der Waals surface area (Å²) in [5.41, 5.74) is 3.40. The first kappa shape index (κ1) is 7.86. The van der Waals surface area contributed by atoms with E-state index >= 15 is 0 Å². The van der Waals surface area contributed by atoms with Crippen LogP contribution in [0.3, 0.4) is 0 Å². The van der Waals surface area contributed by atoms with Crippen molar-refractivity contribution < 1.29 is 0 Å². The van der Waals surface area contributed by atoms with Crippen molar-refractivity contribution in [3.63, 3.8) is 0 Å². The molecule has 3 rings (SSSR count). The number of halogens is 1. The zero-order valence-corrected chi connectivity index (χ0v) is 9.02. The molecule has 1 saturated carbocycles. The highest BCUT2D eigenvalue weighted by molar-refractivity contribution is 9.10. The predicted octanol–water partition coefficient (Wildman–Crippen LogP) is 3.30. The van der Waals surface area contributed by atoms with Crippen LogP contribution in [0.2, 0.25) is 0 Å². The molecule has 0 saturated heterocycles. The molecule has 0 unspecified atom stereocenters. The molecule has 1 nitrogen and oxygen atoms in total. The van der Waals surface area contributed by atoms with Crippen molar-refractivity contribution >= 4 is 21.6 Å². The second-order valence-electron chi connectivity index (χ2n) is 4.18. The van der Waals surface area contributed by atoms with Gasteiger partial charge in [0.2, 0.25) is 0 Å². The van der Waals surface area contributed by atoms with E-state index in [1.54, 1.807) is 5.56 Å². The minimum atomic E-state index is 0.510. The maximum Gasteiger partial charge on any atom is 0.0390 e. The van der Waals surface area contributed by atoms with Crippen molar-refractivity contribution in [1.82, 2.24) is 0 Å². The molecule has 1 aromatic carbocycles. The minimum Gasteiger partial charge on any atom is -0.384 e. The van der Waals surface area contributed by atoms with Crippen molar-refractivity contribution in [2.75, 3.05) is 11.9 Å². The van der Waals surface area contributed by atoms with Crippen LogP contribution in [0.1, 0.15) is 24.8 Å². The average molecular weight is 238 g/mol. The van der Waals surface area contributed by atoms with Crippen molar-refractivity contribution in [3.8, 4) is 0 Å². The summed E-state index contributed by atoms with van der Waals surface area (Å²) in [6, 6.07) is 6.63. The highest BCUT2D eigenvalue weighted by atomic mass is 79.9. The van der Waals surface area contributed by atoms with Gasteiger partial charge in [0, 0.05) is 22.1 Å². The summed E-state index contributed by atoms with van der Waals surface area (Å²) in [5, 5.41) is 3.50. The molecule has 1 aliphatic carbocycles. The number of nitrogens with one attached hydrogen (secondary N) is 1. The standard InChI is InChI=1S/C11H12BrN/c12-8-2-3-9-10(6-8)13-7-11(9)4-1-5-11/h2-3,6,13H,1,4-5,7H2. The molecule has 2 aliphatic rings. The number of benzene rings is 1. The maximum absolute atomic E-state index is 3.50. The largest absolute Gasteiger partial charge is 0.384 e. The lowest BCUT2D eigenvalue weighted by Gasteiger charge is -2.38. The van der Waals surface area contributed by atoms with Crippen molar-refractivity contribution in [2.24, 2.45) is 0 Å². The number of anilines is 1. The fraction of sp³-hybridized carbons (Fsp3) is 0.455.